The standard InChI is InChI=1S/C27H34N4O3/c1-19-23(25(33)31(30-19)21-10-8-7-9-11-21)16-28-29-24(32)17-34-22-14-12-20(13-15-22)27(5,6)18-26(2,3)4/h7-16,30H,17-18H2,1-6H3,(H,29,32). The smallest absolute Gasteiger partial charge is 0.280 e. The molecule has 0 unspecified atom stereocenters. The Balaban J connectivity index is 1.55. The van der Waals surface area contributed by atoms with Crippen LogP contribution in [0.1, 0.15) is 57.9 Å². The first-order valence-corrected chi connectivity index (χ1v) is 11.4. The van der Waals surface area contributed by atoms with Crippen LogP contribution in [0.3, 0.4) is 0 Å². The van der Waals surface area contributed by atoms with Crippen molar-refractivity contribution in [1.82, 2.24) is 15.2 Å². The number of para-hydroxylation sites is 1. The van der Waals surface area contributed by atoms with Gasteiger partial charge in [-0.2, -0.15) is 5.10 Å². The van der Waals surface area contributed by atoms with Crippen molar-refractivity contribution in [3.05, 3.63) is 81.8 Å². The van der Waals surface area contributed by atoms with Gasteiger partial charge in [-0.15, -0.1) is 0 Å². The first kappa shape index (κ1) is 25.0. The number of aromatic amines is 1. The third-order valence-electron chi connectivity index (χ3n) is 5.49. The Kier molecular flexibility index (Phi) is 7.44. The van der Waals surface area contributed by atoms with Gasteiger partial charge in [0.25, 0.3) is 11.5 Å². The molecule has 2 N–H and O–H groups in total. The van der Waals surface area contributed by atoms with Gasteiger partial charge in [-0.1, -0.05) is 65.0 Å². The van der Waals surface area contributed by atoms with Crippen LogP contribution >= 0.6 is 0 Å². The Hall–Kier alpha value is -3.61. The summed E-state index contributed by atoms with van der Waals surface area (Å²) in [6.07, 6.45) is 2.40. The minimum absolute atomic E-state index is 0.0400. The predicted octanol–water partition coefficient (Wildman–Crippen LogP) is 4.72. The average molecular weight is 463 g/mol. The molecule has 3 rings (SSSR count). The molecule has 2 aromatic carbocycles. The second kappa shape index (κ2) is 10.1. The molecule has 0 aliphatic heterocycles. The number of aryl methyl sites for hydroxylation is 1. The lowest BCUT2D eigenvalue weighted by Gasteiger charge is -2.33. The molecule has 0 aliphatic carbocycles. The van der Waals surface area contributed by atoms with Crippen LogP contribution in [-0.4, -0.2) is 28.5 Å². The van der Waals surface area contributed by atoms with Crippen molar-refractivity contribution in [2.24, 2.45) is 10.5 Å². The van der Waals surface area contributed by atoms with Crippen molar-refractivity contribution in [2.45, 2.75) is 53.4 Å². The molecule has 1 heterocycles. The third-order valence-corrected chi connectivity index (χ3v) is 5.49. The second-order valence-corrected chi connectivity index (χ2v) is 10.4. The number of carbonyl (C=O) groups is 1. The first-order chi connectivity index (χ1) is 16.0. The monoisotopic (exact) mass is 462 g/mol. The molecule has 34 heavy (non-hydrogen) atoms. The lowest BCUT2D eigenvalue weighted by Crippen LogP contribution is -2.25. The van der Waals surface area contributed by atoms with Crippen molar-refractivity contribution in [3.8, 4) is 11.4 Å². The summed E-state index contributed by atoms with van der Waals surface area (Å²) >= 11 is 0. The van der Waals surface area contributed by atoms with Crippen LogP contribution < -0.4 is 15.7 Å². The fourth-order valence-electron chi connectivity index (χ4n) is 4.25. The third kappa shape index (κ3) is 6.47. The molecule has 0 aliphatic rings. The number of hydrogen-bond donors (Lipinski definition) is 2. The zero-order valence-corrected chi connectivity index (χ0v) is 20.8. The molecule has 7 nitrogen and oxygen atoms in total. The minimum atomic E-state index is -0.412. The number of nitrogens with zero attached hydrogens (tertiary/aromatic N) is 2. The fourth-order valence-corrected chi connectivity index (χ4v) is 4.25. The number of H-pyrrole nitrogens is 1. The maximum absolute atomic E-state index is 12.7. The zero-order chi connectivity index (χ0) is 24.9. The summed E-state index contributed by atoms with van der Waals surface area (Å²) in [7, 11) is 0. The SMILES string of the molecule is Cc1[nH]n(-c2ccccc2)c(=O)c1C=NNC(=O)COc1ccc(C(C)(C)CC(C)(C)C)cc1. The molecule has 1 aromatic heterocycles. The number of ether oxygens (including phenoxy) is 1. The molecule has 3 aromatic rings. The van der Waals surface area contributed by atoms with Gasteiger partial charge >= 0.3 is 0 Å². The summed E-state index contributed by atoms with van der Waals surface area (Å²) in [5.41, 5.74) is 5.41. The summed E-state index contributed by atoms with van der Waals surface area (Å²) in [6, 6.07) is 17.1. The van der Waals surface area contributed by atoms with Gasteiger partial charge in [0.1, 0.15) is 5.75 Å². The Bertz CT molecular complexity index is 1200. The lowest BCUT2D eigenvalue weighted by molar-refractivity contribution is -0.123. The number of benzene rings is 2. The molecule has 180 valence electrons. The van der Waals surface area contributed by atoms with E-state index in [2.05, 4.69) is 50.2 Å². The molecule has 0 spiro atoms. The lowest BCUT2D eigenvalue weighted by atomic mass is 9.72. The first-order valence-electron chi connectivity index (χ1n) is 11.4. The fraction of sp³-hybridized carbons (Fsp3) is 0.370. The van der Waals surface area contributed by atoms with Gasteiger partial charge in [-0.05, 0) is 54.0 Å². The van der Waals surface area contributed by atoms with Crippen LogP contribution in [0.15, 0.2) is 64.5 Å². The van der Waals surface area contributed by atoms with Crippen LogP contribution in [0.5, 0.6) is 5.75 Å². The molecule has 0 radical (unpaired) electrons. The van der Waals surface area contributed by atoms with Crippen molar-refractivity contribution < 1.29 is 9.53 Å². The normalized spacial score (nSPS) is 12.2. The van der Waals surface area contributed by atoms with Gasteiger partial charge in [0.15, 0.2) is 6.61 Å². The molecule has 7 heteroatoms. The maximum atomic E-state index is 12.7. The van der Waals surface area contributed by atoms with E-state index in [9.17, 15) is 9.59 Å². The summed E-state index contributed by atoms with van der Waals surface area (Å²) in [5, 5.41) is 6.94. The largest absolute Gasteiger partial charge is 0.484 e. The van der Waals surface area contributed by atoms with E-state index in [1.54, 1.807) is 6.92 Å². The van der Waals surface area contributed by atoms with E-state index in [4.69, 9.17) is 4.74 Å². The molecule has 1 amide bonds. The maximum Gasteiger partial charge on any atom is 0.280 e. The van der Waals surface area contributed by atoms with Gasteiger partial charge in [-0.3, -0.25) is 14.7 Å². The number of rotatable bonds is 8. The minimum Gasteiger partial charge on any atom is -0.484 e. The van der Waals surface area contributed by atoms with Gasteiger partial charge in [0.2, 0.25) is 0 Å². The number of carbonyl (C=O) groups excluding carboxylic acids is 1. The number of amides is 1. The van der Waals surface area contributed by atoms with Crippen LogP contribution in [0.2, 0.25) is 0 Å². The number of aromatic nitrogens is 2. The van der Waals surface area contributed by atoms with Crippen molar-refractivity contribution >= 4 is 12.1 Å². The Morgan fingerprint density at radius 2 is 1.71 bits per heavy atom. The quantitative estimate of drug-likeness (QED) is 0.375. The summed E-state index contributed by atoms with van der Waals surface area (Å²) in [6.45, 7) is 12.8. The van der Waals surface area contributed by atoms with Crippen LogP contribution in [0.4, 0.5) is 0 Å². The van der Waals surface area contributed by atoms with E-state index < -0.39 is 5.91 Å². The van der Waals surface area contributed by atoms with Gasteiger partial charge in [0.05, 0.1) is 17.5 Å². The number of hydrazone groups is 1. The van der Waals surface area contributed by atoms with E-state index in [1.165, 1.54) is 16.5 Å². The van der Waals surface area contributed by atoms with Crippen LogP contribution in [-0.2, 0) is 10.2 Å². The topological polar surface area (TPSA) is 88.5 Å². The van der Waals surface area contributed by atoms with Gasteiger partial charge in [-0.25, -0.2) is 10.1 Å². The Morgan fingerprint density at radius 1 is 1.06 bits per heavy atom. The highest BCUT2D eigenvalue weighted by molar-refractivity contribution is 5.83. The zero-order valence-electron chi connectivity index (χ0n) is 20.8. The summed E-state index contributed by atoms with van der Waals surface area (Å²) in [5.74, 6) is 0.201. The van der Waals surface area contributed by atoms with Crippen molar-refractivity contribution in [1.29, 1.82) is 0 Å². The molecular formula is C27H34N4O3. The number of nitrogens with one attached hydrogen (secondary N) is 2. The van der Waals surface area contributed by atoms with E-state index in [-0.39, 0.29) is 23.0 Å². The second-order valence-electron chi connectivity index (χ2n) is 10.4. The number of hydrogen-bond acceptors (Lipinski definition) is 4. The summed E-state index contributed by atoms with van der Waals surface area (Å²) in [4.78, 5) is 24.8. The molecule has 0 fully saturated rings. The Morgan fingerprint density at radius 3 is 2.32 bits per heavy atom. The molecule has 0 atom stereocenters. The molecular weight excluding hydrogens is 428 g/mol. The summed E-state index contributed by atoms with van der Waals surface area (Å²) < 4.78 is 7.03. The van der Waals surface area contributed by atoms with Crippen LogP contribution in [0.25, 0.3) is 5.69 Å². The van der Waals surface area contributed by atoms with E-state index in [1.807, 2.05) is 54.6 Å². The van der Waals surface area contributed by atoms with Crippen molar-refractivity contribution in [2.75, 3.05) is 6.61 Å². The molecule has 0 saturated heterocycles. The molecule has 0 bridgehead atoms. The highest BCUT2D eigenvalue weighted by Crippen LogP contribution is 2.36. The van der Waals surface area contributed by atoms with Gasteiger partial charge < -0.3 is 4.74 Å². The predicted molar refractivity (Wildman–Crippen MR) is 136 cm³/mol. The van der Waals surface area contributed by atoms with E-state index >= 15 is 0 Å². The Labute approximate surface area is 200 Å². The van der Waals surface area contributed by atoms with Crippen LogP contribution in [0, 0.1) is 12.3 Å². The highest BCUT2D eigenvalue weighted by atomic mass is 16.5. The molecule has 0 saturated carbocycles. The average Bonchev–Trinajstić information content (AvgIpc) is 3.05. The highest BCUT2D eigenvalue weighted by Gasteiger charge is 2.27. The van der Waals surface area contributed by atoms with Crippen molar-refractivity contribution in [3.63, 3.8) is 0 Å². The van der Waals surface area contributed by atoms with E-state index in [0.717, 1.165) is 12.1 Å². The van der Waals surface area contributed by atoms with E-state index in [0.29, 0.717) is 17.0 Å². The van der Waals surface area contributed by atoms with Gasteiger partial charge in [0, 0.05) is 5.69 Å².